The summed E-state index contributed by atoms with van der Waals surface area (Å²) in [7, 11) is 0. The Labute approximate surface area is 119 Å². The molecule has 0 bridgehead atoms. The van der Waals surface area contributed by atoms with Crippen LogP contribution in [0, 0.1) is 6.92 Å². The Hall–Kier alpha value is -0.380. The number of hydrogen-bond donors (Lipinski definition) is 2. The van der Waals surface area contributed by atoms with Crippen molar-refractivity contribution in [1.82, 2.24) is 10.6 Å². The smallest absolute Gasteiger partial charge is 0.0210 e. The predicted molar refractivity (Wildman–Crippen MR) is 81.1 cm³/mol. The second kappa shape index (κ2) is 5.72. The second-order valence-corrected chi connectivity index (χ2v) is 6.86. The summed E-state index contributed by atoms with van der Waals surface area (Å²) >= 11 is 3.54. The van der Waals surface area contributed by atoms with Crippen molar-refractivity contribution in [1.29, 1.82) is 0 Å². The summed E-state index contributed by atoms with van der Waals surface area (Å²) in [6, 6.07) is 7.14. The van der Waals surface area contributed by atoms with Crippen LogP contribution in [0.5, 0.6) is 0 Å². The van der Waals surface area contributed by atoms with Crippen molar-refractivity contribution in [3.05, 3.63) is 33.8 Å². The third-order valence-corrected chi connectivity index (χ3v) is 4.22. The van der Waals surface area contributed by atoms with Gasteiger partial charge in [-0.1, -0.05) is 22.0 Å². The summed E-state index contributed by atoms with van der Waals surface area (Å²) in [6.07, 6.45) is 2.31. The van der Waals surface area contributed by atoms with Gasteiger partial charge in [-0.15, -0.1) is 0 Å². The lowest BCUT2D eigenvalue weighted by Gasteiger charge is -2.17. The van der Waals surface area contributed by atoms with Crippen LogP contribution in [0.3, 0.4) is 0 Å². The maximum atomic E-state index is 3.65. The Morgan fingerprint density at radius 3 is 2.89 bits per heavy atom. The van der Waals surface area contributed by atoms with Gasteiger partial charge in [0.1, 0.15) is 0 Å². The van der Waals surface area contributed by atoms with Crippen LogP contribution in [0.15, 0.2) is 22.7 Å². The molecule has 0 spiro atoms. The molecule has 1 aliphatic heterocycles. The molecular weight excluding hydrogens is 288 g/mol. The molecule has 1 aliphatic rings. The van der Waals surface area contributed by atoms with E-state index in [1.807, 2.05) is 0 Å². The summed E-state index contributed by atoms with van der Waals surface area (Å²) in [5.41, 5.74) is 3.11. The van der Waals surface area contributed by atoms with Gasteiger partial charge < -0.3 is 10.6 Å². The first-order chi connectivity index (χ1) is 8.46. The van der Waals surface area contributed by atoms with Crippen LogP contribution in [0.2, 0.25) is 0 Å². The maximum absolute atomic E-state index is 3.65. The van der Waals surface area contributed by atoms with Crippen molar-refractivity contribution in [2.75, 3.05) is 13.1 Å². The molecule has 0 saturated carbocycles. The van der Waals surface area contributed by atoms with Crippen molar-refractivity contribution < 1.29 is 0 Å². The summed E-state index contributed by atoms with van der Waals surface area (Å²) in [5.74, 6) is 0. The minimum absolute atomic E-state index is 0.295. The average Bonchev–Trinajstić information content (AvgIpc) is 2.63. The monoisotopic (exact) mass is 310 g/mol. The molecular formula is C15H23BrN2. The van der Waals surface area contributed by atoms with Crippen LogP contribution >= 0.6 is 15.9 Å². The maximum Gasteiger partial charge on any atom is 0.0210 e. The second-order valence-electron chi connectivity index (χ2n) is 5.94. The quantitative estimate of drug-likeness (QED) is 0.893. The van der Waals surface area contributed by atoms with Crippen molar-refractivity contribution in [2.45, 2.75) is 45.2 Å². The molecule has 2 rings (SSSR count). The largest absolute Gasteiger partial charge is 0.312 e. The highest BCUT2D eigenvalue weighted by Gasteiger charge is 2.29. The van der Waals surface area contributed by atoms with Gasteiger partial charge in [-0.2, -0.15) is 0 Å². The predicted octanol–water partition coefficient (Wildman–Crippen LogP) is 3.03. The molecule has 2 N–H and O–H groups in total. The van der Waals surface area contributed by atoms with E-state index in [9.17, 15) is 0 Å². The zero-order valence-corrected chi connectivity index (χ0v) is 13.1. The summed E-state index contributed by atoms with van der Waals surface area (Å²) in [4.78, 5) is 0. The van der Waals surface area contributed by atoms with Gasteiger partial charge in [-0.3, -0.25) is 0 Å². The fourth-order valence-corrected chi connectivity index (χ4v) is 3.03. The van der Waals surface area contributed by atoms with Gasteiger partial charge >= 0.3 is 0 Å². The number of benzene rings is 1. The molecule has 0 radical (unpaired) electrons. The zero-order valence-electron chi connectivity index (χ0n) is 11.5. The summed E-state index contributed by atoms with van der Waals surface area (Å²) < 4.78 is 1.17. The summed E-state index contributed by atoms with van der Waals surface area (Å²) in [5, 5.41) is 7.20. The van der Waals surface area contributed by atoms with Gasteiger partial charge in [-0.25, -0.2) is 0 Å². The molecule has 3 heteroatoms. The molecule has 1 aromatic carbocycles. The average molecular weight is 311 g/mol. The fourth-order valence-electron chi connectivity index (χ4n) is 2.62. The molecule has 1 atom stereocenters. The van der Waals surface area contributed by atoms with E-state index in [0.717, 1.165) is 19.5 Å². The molecule has 1 fully saturated rings. The molecule has 100 valence electrons. The molecule has 0 aromatic heterocycles. The molecule has 1 unspecified atom stereocenters. The van der Waals surface area contributed by atoms with E-state index < -0.39 is 0 Å². The van der Waals surface area contributed by atoms with E-state index in [1.54, 1.807) is 0 Å². The van der Waals surface area contributed by atoms with Crippen molar-refractivity contribution >= 4 is 15.9 Å². The molecule has 1 heterocycles. The van der Waals surface area contributed by atoms with E-state index in [0.29, 0.717) is 11.6 Å². The fraction of sp³-hybridized carbons (Fsp3) is 0.600. The lowest BCUT2D eigenvalue weighted by molar-refractivity contribution is 0.443. The molecule has 18 heavy (non-hydrogen) atoms. The molecule has 2 nitrogen and oxygen atoms in total. The Morgan fingerprint density at radius 2 is 2.22 bits per heavy atom. The van der Waals surface area contributed by atoms with E-state index in [1.165, 1.54) is 22.0 Å². The zero-order chi connectivity index (χ0) is 13.2. The van der Waals surface area contributed by atoms with E-state index >= 15 is 0 Å². The first-order valence-corrected chi connectivity index (χ1v) is 7.49. The lowest BCUT2D eigenvalue weighted by Crippen LogP contribution is -2.32. The molecule has 0 amide bonds. The number of aryl methyl sites for hydroxylation is 1. The van der Waals surface area contributed by atoms with Crippen LogP contribution in [0.25, 0.3) is 0 Å². The summed E-state index contributed by atoms with van der Waals surface area (Å²) in [6.45, 7) is 8.87. The highest BCUT2D eigenvalue weighted by molar-refractivity contribution is 9.10. The minimum atomic E-state index is 0.295. The first-order valence-electron chi connectivity index (χ1n) is 6.70. The van der Waals surface area contributed by atoms with Crippen LogP contribution in [0.4, 0.5) is 0 Å². The van der Waals surface area contributed by atoms with Crippen LogP contribution < -0.4 is 10.6 Å². The van der Waals surface area contributed by atoms with Gasteiger partial charge in [0, 0.05) is 22.6 Å². The van der Waals surface area contributed by atoms with Gasteiger partial charge in [0.15, 0.2) is 0 Å². The van der Waals surface area contributed by atoms with Crippen LogP contribution in [-0.2, 0) is 6.42 Å². The van der Waals surface area contributed by atoms with Gasteiger partial charge in [-0.05, 0) is 63.4 Å². The van der Waals surface area contributed by atoms with E-state index in [2.05, 4.69) is 65.5 Å². The number of hydrogen-bond acceptors (Lipinski definition) is 2. The molecule has 1 aromatic rings. The Morgan fingerprint density at radius 1 is 1.44 bits per heavy atom. The Bertz CT molecular complexity index is 415. The van der Waals surface area contributed by atoms with Gasteiger partial charge in [0.05, 0.1) is 0 Å². The normalized spacial score (nSPS) is 22.3. The third kappa shape index (κ3) is 3.81. The molecule has 1 saturated heterocycles. The Kier molecular flexibility index (Phi) is 4.46. The van der Waals surface area contributed by atoms with Crippen molar-refractivity contribution in [3.63, 3.8) is 0 Å². The first kappa shape index (κ1) is 14.0. The number of halogens is 1. The van der Waals surface area contributed by atoms with E-state index in [-0.39, 0.29) is 0 Å². The minimum Gasteiger partial charge on any atom is -0.312 e. The number of rotatable bonds is 4. The van der Waals surface area contributed by atoms with Crippen LogP contribution in [0.1, 0.15) is 31.4 Å². The molecule has 0 aliphatic carbocycles. The lowest BCUT2D eigenvalue weighted by atomic mass is 10.0. The van der Waals surface area contributed by atoms with Gasteiger partial charge in [0.2, 0.25) is 0 Å². The highest BCUT2D eigenvalue weighted by Crippen LogP contribution is 2.19. The van der Waals surface area contributed by atoms with Crippen LogP contribution in [-0.4, -0.2) is 24.7 Å². The Balaban J connectivity index is 1.80. The SMILES string of the molecule is Cc1ccc(Br)cc1CCNC1CNC(C)(C)C1. The van der Waals surface area contributed by atoms with Gasteiger partial charge in [0.25, 0.3) is 0 Å². The van der Waals surface area contributed by atoms with Crippen molar-refractivity contribution in [3.8, 4) is 0 Å². The van der Waals surface area contributed by atoms with E-state index in [4.69, 9.17) is 0 Å². The standard InChI is InChI=1S/C15H23BrN2/c1-11-4-5-13(16)8-12(11)6-7-17-14-9-15(2,3)18-10-14/h4-5,8,14,17-18H,6-7,9-10H2,1-3H3. The van der Waals surface area contributed by atoms with Crippen molar-refractivity contribution in [2.24, 2.45) is 0 Å². The number of nitrogens with one attached hydrogen (secondary N) is 2. The topological polar surface area (TPSA) is 24.1 Å². The highest BCUT2D eigenvalue weighted by atomic mass is 79.9. The third-order valence-electron chi connectivity index (χ3n) is 3.72.